The molecule has 1 atom stereocenters. The van der Waals surface area contributed by atoms with Crippen LogP contribution in [0.15, 0.2) is 53.6 Å². The van der Waals surface area contributed by atoms with Gasteiger partial charge in [-0.15, -0.1) is 5.10 Å². The smallest absolute Gasteiger partial charge is 0.270 e. The molecule has 10 heteroatoms. The quantitative estimate of drug-likeness (QED) is 0.760. The SMILES string of the molecule is CC(=O)NC1=NN(C(C)=O)[C@@]2(S1)C(=O)N(CCOc1ccc(Cl)cc1)c1ccccc12. The molecule has 0 aromatic heterocycles. The minimum atomic E-state index is -1.40. The van der Waals surface area contributed by atoms with Crippen molar-refractivity contribution in [2.45, 2.75) is 18.7 Å². The van der Waals surface area contributed by atoms with Crippen LogP contribution in [0.1, 0.15) is 19.4 Å². The summed E-state index contributed by atoms with van der Waals surface area (Å²) in [5, 5.41) is 8.76. The fourth-order valence-corrected chi connectivity index (χ4v) is 5.03. The standard InChI is InChI=1S/C21H19ClN4O4S/c1-13(27)23-20-24-26(14(2)28)21(31-20)17-5-3-4-6-18(17)25(19(21)29)11-12-30-16-9-7-15(22)8-10-16/h3-10H,11-12H2,1-2H3,(H,23,24,27)/t21-/m0/s1. The van der Waals surface area contributed by atoms with Gasteiger partial charge in [0, 0.05) is 24.4 Å². The Hall–Kier alpha value is -3.04. The molecule has 31 heavy (non-hydrogen) atoms. The normalized spacial score (nSPS) is 19.5. The Morgan fingerprint density at radius 1 is 1.16 bits per heavy atom. The molecule has 0 aliphatic carbocycles. The highest BCUT2D eigenvalue weighted by Crippen LogP contribution is 2.54. The molecule has 160 valence electrons. The van der Waals surface area contributed by atoms with Crippen LogP contribution in [0.4, 0.5) is 5.69 Å². The molecule has 0 saturated heterocycles. The van der Waals surface area contributed by atoms with Crippen LogP contribution in [0.2, 0.25) is 5.02 Å². The number of hydrogen-bond donors (Lipinski definition) is 1. The van der Waals surface area contributed by atoms with E-state index in [1.807, 2.05) is 12.1 Å². The summed E-state index contributed by atoms with van der Waals surface area (Å²) in [4.78, 5) is 37.8. The number of benzene rings is 2. The predicted molar refractivity (Wildman–Crippen MR) is 119 cm³/mol. The first-order valence-corrected chi connectivity index (χ1v) is 10.7. The van der Waals surface area contributed by atoms with E-state index in [9.17, 15) is 14.4 Å². The number of amidine groups is 1. The zero-order valence-electron chi connectivity index (χ0n) is 16.8. The number of halogens is 1. The summed E-state index contributed by atoms with van der Waals surface area (Å²) in [6.07, 6.45) is 0. The molecule has 1 spiro atoms. The third kappa shape index (κ3) is 3.75. The van der Waals surface area contributed by atoms with Crippen LogP contribution in [0.5, 0.6) is 5.75 Å². The number of nitrogens with zero attached hydrogens (tertiary/aromatic N) is 3. The molecular weight excluding hydrogens is 440 g/mol. The molecule has 4 rings (SSSR count). The number of hydrazone groups is 1. The number of amides is 3. The van der Waals surface area contributed by atoms with Gasteiger partial charge in [0.25, 0.3) is 5.91 Å². The van der Waals surface area contributed by atoms with Crippen molar-refractivity contribution in [3.8, 4) is 5.75 Å². The molecule has 0 saturated carbocycles. The minimum Gasteiger partial charge on any atom is -0.492 e. The lowest BCUT2D eigenvalue weighted by atomic mass is 10.1. The molecule has 2 aliphatic rings. The van der Waals surface area contributed by atoms with Crippen molar-refractivity contribution in [2.75, 3.05) is 18.1 Å². The first kappa shape index (κ1) is 21.2. The number of carbonyl (C=O) groups excluding carboxylic acids is 3. The molecule has 3 amide bonds. The van der Waals surface area contributed by atoms with Gasteiger partial charge in [0.05, 0.1) is 12.2 Å². The average molecular weight is 459 g/mol. The maximum Gasteiger partial charge on any atom is 0.270 e. The number of anilines is 1. The van der Waals surface area contributed by atoms with Gasteiger partial charge in [-0.25, -0.2) is 0 Å². The second-order valence-corrected chi connectivity index (χ2v) is 8.56. The zero-order chi connectivity index (χ0) is 22.2. The Morgan fingerprint density at radius 3 is 2.55 bits per heavy atom. The van der Waals surface area contributed by atoms with Gasteiger partial charge in [0.1, 0.15) is 12.4 Å². The van der Waals surface area contributed by atoms with Crippen molar-refractivity contribution < 1.29 is 19.1 Å². The van der Waals surface area contributed by atoms with Gasteiger partial charge in [0.2, 0.25) is 16.7 Å². The van der Waals surface area contributed by atoms with Gasteiger partial charge in [-0.05, 0) is 42.1 Å². The van der Waals surface area contributed by atoms with Crippen molar-refractivity contribution >= 4 is 51.9 Å². The molecule has 2 aliphatic heterocycles. The highest BCUT2D eigenvalue weighted by atomic mass is 35.5. The lowest BCUT2D eigenvalue weighted by Gasteiger charge is -2.29. The Labute approximate surface area is 188 Å². The van der Waals surface area contributed by atoms with E-state index in [2.05, 4.69) is 10.4 Å². The summed E-state index contributed by atoms with van der Waals surface area (Å²) < 4.78 is 5.76. The number of fused-ring (bicyclic) bond motifs is 2. The topological polar surface area (TPSA) is 91.3 Å². The number of para-hydroxylation sites is 1. The van der Waals surface area contributed by atoms with Crippen LogP contribution < -0.4 is 15.0 Å². The van der Waals surface area contributed by atoms with Gasteiger partial charge in [-0.1, -0.05) is 29.8 Å². The van der Waals surface area contributed by atoms with Crippen LogP contribution in [0, 0.1) is 0 Å². The minimum absolute atomic E-state index is 0.199. The Kier molecular flexibility index (Phi) is 5.63. The number of ether oxygens (including phenoxy) is 1. The molecule has 2 aromatic carbocycles. The third-order valence-corrected chi connectivity index (χ3v) is 6.30. The summed E-state index contributed by atoms with van der Waals surface area (Å²) in [5.74, 6) is -0.428. The fourth-order valence-electron chi connectivity index (χ4n) is 3.57. The van der Waals surface area contributed by atoms with Crippen molar-refractivity contribution in [2.24, 2.45) is 5.10 Å². The number of hydrogen-bond acceptors (Lipinski definition) is 6. The first-order chi connectivity index (χ1) is 14.8. The lowest BCUT2D eigenvalue weighted by Crippen LogP contribution is -2.49. The maximum absolute atomic E-state index is 13.7. The summed E-state index contributed by atoms with van der Waals surface area (Å²) in [7, 11) is 0. The van der Waals surface area contributed by atoms with Crippen LogP contribution in [-0.4, -0.2) is 41.0 Å². The summed E-state index contributed by atoms with van der Waals surface area (Å²) in [5.41, 5.74) is 1.31. The van der Waals surface area contributed by atoms with Gasteiger partial charge in [0.15, 0.2) is 5.17 Å². The van der Waals surface area contributed by atoms with Gasteiger partial charge in [-0.2, -0.15) is 5.01 Å². The van der Waals surface area contributed by atoms with E-state index >= 15 is 0 Å². The third-order valence-electron chi connectivity index (χ3n) is 4.81. The van der Waals surface area contributed by atoms with Gasteiger partial charge >= 0.3 is 0 Å². The van der Waals surface area contributed by atoms with Gasteiger partial charge < -0.3 is 15.0 Å². The summed E-state index contributed by atoms with van der Waals surface area (Å²) in [6.45, 7) is 3.19. The average Bonchev–Trinajstić information content (AvgIpc) is 3.21. The number of nitrogens with one attached hydrogen (secondary N) is 1. The van der Waals surface area contributed by atoms with Crippen molar-refractivity contribution in [3.05, 3.63) is 59.1 Å². The van der Waals surface area contributed by atoms with Crippen LogP contribution in [-0.2, 0) is 19.3 Å². The molecular formula is C21H19ClN4O4S. The number of rotatable bonds is 4. The zero-order valence-corrected chi connectivity index (χ0v) is 18.4. The largest absolute Gasteiger partial charge is 0.492 e. The second kappa shape index (κ2) is 8.24. The van der Waals surface area contributed by atoms with Crippen molar-refractivity contribution in [1.82, 2.24) is 10.3 Å². The van der Waals surface area contributed by atoms with E-state index in [0.29, 0.717) is 22.0 Å². The Bertz CT molecular complexity index is 1090. The number of carbonyl (C=O) groups is 3. The van der Waals surface area contributed by atoms with Crippen molar-refractivity contribution in [1.29, 1.82) is 0 Å². The van der Waals surface area contributed by atoms with E-state index in [4.69, 9.17) is 16.3 Å². The van der Waals surface area contributed by atoms with E-state index in [-0.39, 0.29) is 30.1 Å². The van der Waals surface area contributed by atoms with E-state index in [1.165, 1.54) is 13.8 Å². The van der Waals surface area contributed by atoms with Crippen LogP contribution in [0.25, 0.3) is 0 Å². The Balaban J connectivity index is 1.62. The fraction of sp³-hybridized carbons (Fsp3) is 0.238. The highest BCUT2D eigenvalue weighted by molar-refractivity contribution is 8.15. The van der Waals surface area contributed by atoms with Gasteiger partial charge in [-0.3, -0.25) is 14.4 Å². The molecule has 0 unspecified atom stereocenters. The monoisotopic (exact) mass is 458 g/mol. The lowest BCUT2D eigenvalue weighted by molar-refractivity contribution is -0.139. The molecule has 2 aromatic rings. The Morgan fingerprint density at radius 2 is 1.87 bits per heavy atom. The second-order valence-electron chi connectivity index (χ2n) is 6.94. The van der Waals surface area contributed by atoms with E-state index in [1.54, 1.807) is 41.3 Å². The highest BCUT2D eigenvalue weighted by Gasteiger charge is 2.61. The van der Waals surface area contributed by atoms with Crippen LogP contribution >= 0.6 is 23.4 Å². The molecule has 0 bridgehead atoms. The first-order valence-electron chi connectivity index (χ1n) is 9.49. The van der Waals surface area contributed by atoms with E-state index < -0.39 is 10.8 Å². The molecule has 1 N–H and O–H groups in total. The predicted octanol–water partition coefficient (Wildman–Crippen LogP) is 2.92. The van der Waals surface area contributed by atoms with Crippen LogP contribution in [0.3, 0.4) is 0 Å². The van der Waals surface area contributed by atoms with E-state index in [0.717, 1.165) is 16.8 Å². The summed E-state index contributed by atoms with van der Waals surface area (Å²) in [6, 6.07) is 14.2. The molecule has 8 nitrogen and oxygen atoms in total. The maximum atomic E-state index is 13.7. The molecule has 2 heterocycles. The molecule has 0 fully saturated rings. The van der Waals surface area contributed by atoms with Crippen molar-refractivity contribution in [3.63, 3.8) is 0 Å². The number of thioether (sulfide) groups is 1. The molecule has 0 radical (unpaired) electrons. The summed E-state index contributed by atoms with van der Waals surface area (Å²) >= 11 is 6.94.